The van der Waals surface area contributed by atoms with Gasteiger partial charge >= 0.3 is 0 Å². The normalized spacial score (nSPS) is 31.2. The van der Waals surface area contributed by atoms with Crippen LogP contribution in [0.25, 0.3) is 0 Å². The first-order chi connectivity index (χ1) is 7.83. The van der Waals surface area contributed by atoms with Crippen LogP contribution in [0.1, 0.15) is 10.7 Å². The molecule has 2 aliphatic rings. The van der Waals surface area contributed by atoms with E-state index in [0.717, 1.165) is 30.5 Å². The second-order valence-corrected chi connectivity index (χ2v) is 5.49. The molecule has 0 saturated carbocycles. The number of ether oxygens (including phenoxy) is 2. The molecule has 3 rings (SSSR count). The minimum absolute atomic E-state index is 0. The highest BCUT2D eigenvalue weighted by atomic mass is 35.5. The zero-order valence-electron chi connectivity index (χ0n) is 9.72. The van der Waals surface area contributed by atoms with Crippen molar-refractivity contribution in [1.82, 2.24) is 10.3 Å². The van der Waals surface area contributed by atoms with Crippen molar-refractivity contribution < 1.29 is 9.47 Å². The Bertz CT molecular complexity index is 374. The molecule has 0 aliphatic carbocycles. The minimum Gasteiger partial charge on any atom is -0.379 e. The Morgan fingerprint density at radius 2 is 2.47 bits per heavy atom. The Hall–Kier alpha value is -0.200. The first-order valence-corrected chi connectivity index (χ1v) is 6.54. The highest BCUT2D eigenvalue weighted by molar-refractivity contribution is 7.09. The number of nitrogens with zero attached hydrogens (tertiary/aromatic N) is 1. The Morgan fingerprint density at radius 3 is 3.24 bits per heavy atom. The molecular weight excluding hydrogens is 260 g/mol. The van der Waals surface area contributed by atoms with E-state index in [1.807, 2.05) is 6.92 Å². The van der Waals surface area contributed by atoms with Crippen molar-refractivity contribution in [2.75, 3.05) is 19.8 Å². The van der Waals surface area contributed by atoms with Gasteiger partial charge in [0.15, 0.2) is 0 Å². The van der Waals surface area contributed by atoms with E-state index in [9.17, 15) is 0 Å². The fourth-order valence-electron chi connectivity index (χ4n) is 2.42. The zero-order chi connectivity index (χ0) is 11.0. The van der Waals surface area contributed by atoms with Gasteiger partial charge in [-0.1, -0.05) is 0 Å². The van der Waals surface area contributed by atoms with Gasteiger partial charge in [0, 0.05) is 23.9 Å². The SMILES string of the molecule is Cc1nc(CO[C@@H]2CN[C@@H]3COC[C@@H]32)cs1.Cl. The van der Waals surface area contributed by atoms with Gasteiger partial charge < -0.3 is 14.8 Å². The molecular formula is C11H17ClN2O2S. The van der Waals surface area contributed by atoms with Crippen LogP contribution in [0, 0.1) is 12.8 Å². The van der Waals surface area contributed by atoms with Gasteiger partial charge in [0.25, 0.3) is 0 Å². The number of hydrogen-bond donors (Lipinski definition) is 1. The molecule has 1 N–H and O–H groups in total. The topological polar surface area (TPSA) is 43.4 Å². The summed E-state index contributed by atoms with van der Waals surface area (Å²) < 4.78 is 11.4. The van der Waals surface area contributed by atoms with E-state index < -0.39 is 0 Å². The number of nitrogens with one attached hydrogen (secondary N) is 1. The third kappa shape index (κ3) is 2.80. The molecule has 2 saturated heterocycles. The molecule has 3 atom stereocenters. The first kappa shape index (κ1) is 13.2. The molecule has 0 unspecified atom stereocenters. The van der Waals surface area contributed by atoms with Crippen LogP contribution in [-0.4, -0.2) is 36.9 Å². The summed E-state index contributed by atoms with van der Waals surface area (Å²) in [5.74, 6) is 0.528. The summed E-state index contributed by atoms with van der Waals surface area (Å²) in [5.41, 5.74) is 1.05. The van der Waals surface area contributed by atoms with Crippen molar-refractivity contribution in [1.29, 1.82) is 0 Å². The fourth-order valence-corrected chi connectivity index (χ4v) is 3.01. The standard InChI is InChI=1S/C11H16N2O2S.ClH/c1-7-13-8(6-16-7)3-15-11-2-12-10-5-14-4-9(10)11;/h6,9-12H,2-5H2,1H3;1H/t9-,10+,11+;/m0./s1. The molecule has 0 amide bonds. The van der Waals surface area contributed by atoms with Gasteiger partial charge in [-0.05, 0) is 6.92 Å². The molecule has 0 spiro atoms. The zero-order valence-corrected chi connectivity index (χ0v) is 11.4. The third-order valence-electron chi connectivity index (χ3n) is 3.30. The van der Waals surface area contributed by atoms with Crippen LogP contribution in [0.5, 0.6) is 0 Å². The van der Waals surface area contributed by atoms with E-state index in [4.69, 9.17) is 9.47 Å². The van der Waals surface area contributed by atoms with Crippen LogP contribution in [0.2, 0.25) is 0 Å². The summed E-state index contributed by atoms with van der Waals surface area (Å²) in [6.45, 7) is 5.26. The molecule has 2 fully saturated rings. The maximum atomic E-state index is 5.92. The molecule has 4 nitrogen and oxygen atoms in total. The molecule has 0 aromatic carbocycles. The third-order valence-corrected chi connectivity index (χ3v) is 4.12. The monoisotopic (exact) mass is 276 g/mol. The van der Waals surface area contributed by atoms with Gasteiger partial charge in [-0.2, -0.15) is 0 Å². The van der Waals surface area contributed by atoms with Gasteiger partial charge in [0.2, 0.25) is 0 Å². The smallest absolute Gasteiger partial charge is 0.0901 e. The molecule has 2 aliphatic heterocycles. The van der Waals surface area contributed by atoms with Gasteiger partial charge in [-0.25, -0.2) is 4.98 Å². The summed E-state index contributed by atoms with van der Waals surface area (Å²) in [6.07, 6.45) is 0.287. The minimum atomic E-state index is 0. The molecule has 1 aromatic rings. The molecule has 96 valence electrons. The largest absolute Gasteiger partial charge is 0.379 e. The number of fused-ring (bicyclic) bond motifs is 1. The molecule has 0 bridgehead atoms. The molecule has 1 aromatic heterocycles. The molecule has 0 radical (unpaired) electrons. The Morgan fingerprint density at radius 1 is 1.59 bits per heavy atom. The van der Waals surface area contributed by atoms with Gasteiger partial charge in [-0.15, -0.1) is 23.7 Å². The van der Waals surface area contributed by atoms with Crippen molar-refractivity contribution in [2.24, 2.45) is 5.92 Å². The number of halogens is 1. The molecule has 17 heavy (non-hydrogen) atoms. The van der Waals surface area contributed by atoms with Crippen LogP contribution in [0.15, 0.2) is 5.38 Å². The maximum Gasteiger partial charge on any atom is 0.0901 e. The first-order valence-electron chi connectivity index (χ1n) is 5.66. The predicted molar refractivity (Wildman–Crippen MR) is 68.8 cm³/mol. The molecule has 3 heterocycles. The number of aryl methyl sites for hydroxylation is 1. The lowest BCUT2D eigenvalue weighted by molar-refractivity contribution is 0.0139. The Labute approximate surface area is 111 Å². The number of thiazole rings is 1. The van der Waals surface area contributed by atoms with Crippen LogP contribution < -0.4 is 5.32 Å². The quantitative estimate of drug-likeness (QED) is 0.906. The second-order valence-electron chi connectivity index (χ2n) is 4.42. The van der Waals surface area contributed by atoms with Gasteiger partial charge in [-0.3, -0.25) is 0 Å². The van der Waals surface area contributed by atoms with Gasteiger partial charge in [0.05, 0.1) is 36.6 Å². The van der Waals surface area contributed by atoms with Crippen LogP contribution in [0.3, 0.4) is 0 Å². The van der Waals surface area contributed by atoms with E-state index >= 15 is 0 Å². The van der Waals surface area contributed by atoms with E-state index in [0.29, 0.717) is 18.6 Å². The number of hydrogen-bond acceptors (Lipinski definition) is 5. The summed E-state index contributed by atoms with van der Waals surface area (Å²) in [4.78, 5) is 4.40. The average molecular weight is 277 g/mol. The van der Waals surface area contributed by atoms with Crippen molar-refractivity contribution in [3.8, 4) is 0 Å². The van der Waals surface area contributed by atoms with Crippen molar-refractivity contribution in [3.05, 3.63) is 16.1 Å². The summed E-state index contributed by atoms with van der Waals surface area (Å²) in [5, 5.41) is 6.61. The number of aromatic nitrogens is 1. The molecule has 6 heteroatoms. The number of rotatable bonds is 3. The summed E-state index contributed by atoms with van der Waals surface area (Å²) in [6, 6.07) is 0.502. The predicted octanol–water partition coefficient (Wildman–Crippen LogP) is 1.38. The van der Waals surface area contributed by atoms with Crippen molar-refractivity contribution in [3.63, 3.8) is 0 Å². The summed E-state index contributed by atoms with van der Waals surface area (Å²) >= 11 is 1.67. The second kappa shape index (κ2) is 5.63. The van der Waals surface area contributed by atoms with Gasteiger partial charge in [0.1, 0.15) is 0 Å². The highest BCUT2D eigenvalue weighted by Crippen LogP contribution is 2.25. The van der Waals surface area contributed by atoms with E-state index in [1.165, 1.54) is 0 Å². The van der Waals surface area contributed by atoms with E-state index in [-0.39, 0.29) is 18.5 Å². The van der Waals surface area contributed by atoms with E-state index in [1.54, 1.807) is 11.3 Å². The van der Waals surface area contributed by atoms with Crippen molar-refractivity contribution in [2.45, 2.75) is 25.7 Å². The lowest BCUT2D eigenvalue weighted by atomic mass is 10.0. The van der Waals surface area contributed by atoms with Crippen LogP contribution in [-0.2, 0) is 16.1 Å². The fraction of sp³-hybridized carbons (Fsp3) is 0.727. The maximum absolute atomic E-state index is 5.92. The van der Waals surface area contributed by atoms with Crippen LogP contribution in [0.4, 0.5) is 0 Å². The van der Waals surface area contributed by atoms with E-state index in [2.05, 4.69) is 15.7 Å². The highest BCUT2D eigenvalue weighted by Gasteiger charge is 2.40. The Kier molecular flexibility index (Phi) is 4.38. The van der Waals surface area contributed by atoms with Crippen LogP contribution >= 0.6 is 23.7 Å². The van der Waals surface area contributed by atoms with Crippen molar-refractivity contribution >= 4 is 23.7 Å². The Balaban J connectivity index is 0.00000108. The lowest BCUT2D eigenvalue weighted by Gasteiger charge is -2.15. The average Bonchev–Trinajstić information content (AvgIpc) is 2.91. The summed E-state index contributed by atoms with van der Waals surface area (Å²) in [7, 11) is 0. The lowest BCUT2D eigenvalue weighted by Crippen LogP contribution is -2.26.